The van der Waals surface area contributed by atoms with E-state index < -0.39 is 0 Å². The molecule has 3 aromatic carbocycles. The maximum absolute atomic E-state index is 9.99. The summed E-state index contributed by atoms with van der Waals surface area (Å²) >= 11 is 0. The summed E-state index contributed by atoms with van der Waals surface area (Å²) < 4.78 is 0. The van der Waals surface area contributed by atoms with Crippen LogP contribution in [-0.2, 0) is 5.41 Å². The van der Waals surface area contributed by atoms with Gasteiger partial charge < -0.3 is 10.2 Å². The molecule has 0 unspecified atom stereocenters. The third-order valence-electron chi connectivity index (χ3n) is 4.41. The Balaban J connectivity index is 2.00. The molecule has 2 nitrogen and oxygen atoms in total. The molecule has 0 bridgehead atoms. The minimum Gasteiger partial charge on any atom is -0.507 e. The standard InChI is InChI=1S/C21H20O2/c1-21(2,16-7-4-3-5-8-16)17-13-11-15(12-14-17)20-18(22)9-6-10-19(20)23/h3-14,22-23H,1-2H3. The number of phenols is 2. The summed E-state index contributed by atoms with van der Waals surface area (Å²) in [5, 5.41) is 20.0. The van der Waals surface area contributed by atoms with Crippen LogP contribution in [0.5, 0.6) is 11.5 Å². The summed E-state index contributed by atoms with van der Waals surface area (Å²) in [7, 11) is 0. The fourth-order valence-electron chi connectivity index (χ4n) is 2.90. The molecule has 116 valence electrons. The van der Waals surface area contributed by atoms with Crippen molar-refractivity contribution in [1.29, 1.82) is 0 Å². The van der Waals surface area contributed by atoms with Crippen LogP contribution in [0.4, 0.5) is 0 Å². The monoisotopic (exact) mass is 304 g/mol. The molecule has 2 N–H and O–H groups in total. The molecule has 0 radical (unpaired) electrons. The van der Waals surface area contributed by atoms with Crippen molar-refractivity contribution in [2.75, 3.05) is 0 Å². The van der Waals surface area contributed by atoms with Crippen molar-refractivity contribution in [3.05, 3.63) is 83.9 Å². The average molecular weight is 304 g/mol. The first-order valence-corrected chi connectivity index (χ1v) is 7.67. The normalized spacial score (nSPS) is 11.4. The zero-order valence-electron chi connectivity index (χ0n) is 13.3. The van der Waals surface area contributed by atoms with Gasteiger partial charge in [-0.15, -0.1) is 0 Å². The zero-order valence-corrected chi connectivity index (χ0v) is 13.3. The summed E-state index contributed by atoms with van der Waals surface area (Å²) in [4.78, 5) is 0. The fraction of sp³-hybridized carbons (Fsp3) is 0.143. The first kappa shape index (κ1) is 15.2. The molecule has 3 aromatic rings. The summed E-state index contributed by atoms with van der Waals surface area (Å²) in [6.07, 6.45) is 0. The SMILES string of the molecule is CC(C)(c1ccccc1)c1ccc(-c2c(O)cccc2O)cc1. The Bertz CT molecular complexity index is 783. The highest BCUT2D eigenvalue weighted by Gasteiger charge is 2.23. The summed E-state index contributed by atoms with van der Waals surface area (Å²) in [6, 6.07) is 23.1. The van der Waals surface area contributed by atoms with Crippen LogP contribution in [0, 0.1) is 0 Å². The lowest BCUT2D eigenvalue weighted by Crippen LogP contribution is -2.18. The smallest absolute Gasteiger partial charge is 0.127 e. The van der Waals surface area contributed by atoms with Crippen molar-refractivity contribution in [1.82, 2.24) is 0 Å². The van der Waals surface area contributed by atoms with Crippen molar-refractivity contribution < 1.29 is 10.2 Å². The predicted octanol–water partition coefficient (Wildman–Crippen LogP) is 5.09. The number of phenolic OH excluding ortho intramolecular Hbond substituents is 2. The largest absolute Gasteiger partial charge is 0.507 e. The zero-order chi connectivity index (χ0) is 16.4. The van der Waals surface area contributed by atoms with Gasteiger partial charge in [-0.2, -0.15) is 0 Å². The van der Waals surface area contributed by atoms with E-state index in [0.29, 0.717) is 5.56 Å². The second-order valence-electron chi connectivity index (χ2n) is 6.24. The molecule has 0 spiro atoms. The van der Waals surface area contributed by atoms with Crippen LogP contribution in [0.15, 0.2) is 72.8 Å². The second kappa shape index (κ2) is 5.81. The van der Waals surface area contributed by atoms with E-state index in [9.17, 15) is 10.2 Å². The van der Waals surface area contributed by atoms with E-state index in [2.05, 4.69) is 26.0 Å². The fourth-order valence-corrected chi connectivity index (χ4v) is 2.90. The van der Waals surface area contributed by atoms with Gasteiger partial charge in [0, 0.05) is 5.41 Å². The Morgan fingerprint density at radius 1 is 0.609 bits per heavy atom. The Morgan fingerprint density at radius 3 is 1.70 bits per heavy atom. The highest BCUT2D eigenvalue weighted by atomic mass is 16.3. The van der Waals surface area contributed by atoms with Crippen LogP contribution in [0.3, 0.4) is 0 Å². The average Bonchev–Trinajstić information content (AvgIpc) is 2.56. The molecular formula is C21H20O2. The van der Waals surface area contributed by atoms with E-state index in [-0.39, 0.29) is 16.9 Å². The molecule has 0 aliphatic carbocycles. The highest BCUT2D eigenvalue weighted by molar-refractivity contribution is 5.76. The van der Waals surface area contributed by atoms with Gasteiger partial charge in [-0.25, -0.2) is 0 Å². The molecule has 23 heavy (non-hydrogen) atoms. The Kier molecular flexibility index (Phi) is 3.83. The van der Waals surface area contributed by atoms with Gasteiger partial charge in [-0.3, -0.25) is 0 Å². The van der Waals surface area contributed by atoms with Crippen LogP contribution < -0.4 is 0 Å². The van der Waals surface area contributed by atoms with E-state index in [1.165, 1.54) is 11.1 Å². The van der Waals surface area contributed by atoms with Gasteiger partial charge in [0.25, 0.3) is 0 Å². The molecule has 2 heteroatoms. The molecular weight excluding hydrogens is 284 g/mol. The Labute approximate surface area is 136 Å². The van der Waals surface area contributed by atoms with Gasteiger partial charge in [0.1, 0.15) is 11.5 Å². The van der Waals surface area contributed by atoms with Crippen LogP contribution in [0.25, 0.3) is 11.1 Å². The summed E-state index contributed by atoms with van der Waals surface area (Å²) in [5.74, 6) is 0.167. The van der Waals surface area contributed by atoms with Crippen LogP contribution in [0.2, 0.25) is 0 Å². The van der Waals surface area contributed by atoms with Gasteiger partial charge in [0.15, 0.2) is 0 Å². The van der Waals surface area contributed by atoms with Crippen molar-refractivity contribution in [2.24, 2.45) is 0 Å². The minimum atomic E-state index is -0.111. The lowest BCUT2D eigenvalue weighted by atomic mass is 9.78. The van der Waals surface area contributed by atoms with Crippen LogP contribution in [-0.4, -0.2) is 10.2 Å². The second-order valence-corrected chi connectivity index (χ2v) is 6.24. The van der Waals surface area contributed by atoms with Gasteiger partial charge >= 0.3 is 0 Å². The summed E-state index contributed by atoms with van der Waals surface area (Å²) in [5.41, 5.74) is 3.59. The maximum Gasteiger partial charge on any atom is 0.127 e. The lowest BCUT2D eigenvalue weighted by Gasteiger charge is -2.26. The maximum atomic E-state index is 9.99. The van der Waals surface area contributed by atoms with E-state index in [0.717, 1.165) is 5.56 Å². The van der Waals surface area contributed by atoms with Crippen molar-refractivity contribution in [2.45, 2.75) is 19.3 Å². The molecule has 0 amide bonds. The van der Waals surface area contributed by atoms with Crippen molar-refractivity contribution in [3.63, 3.8) is 0 Å². The molecule has 0 saturated heterocycles. The van der Waals surface area contributed by atoms with E-state index in [1.54, 1.807) is 18.2 Å². The molecule has 0 saturated carbocycles. The molecule has 0 aliphatic rings. The molecule has 0 aromatic heterocycles. The number of hydrogen-bond donors (Lipinski definition) is 2. The third kappa shape index (κ3) is 2.80. The number of benzene rings is 3. The first-order valence-electron chi connectivity index (χ1n) is 7.67. The van der Waals surface area contributed by atoms with Crippen LogP contribution >= 0.6 is 0 Å². The number of hydrogen-bond acceptors (Lipinski definition) is 2. The van der Waals surface area contributed by atoms with E-state index >= 15 is 0 Å². The molecule has 0 heterocycles. The molecule has 0 fully saturated rings. The predicted molar refractivity (Wildman–Crippen MR) is 93.8 cm³/mol. The Hall–Kier alpha value is -2.74. The highest BCUT2D eigenvalue weighted by Crippen LogP contribution is 2.38. The number of aromatic hydroxyl groups is 2. The van der Waals surface area contributed by atoms with Gasteiger partial charge in [-0.05, 0) is 28.8 Å². The summed E-state index contributed by atoms with van der Waals surface area (Å²) in [6.45, 7) is 4.38. The minimum absolute atomic E-state index is 0.0834. The van der Waals surface area contributed by atoms with Crippen molar-refractivity contribution in [3.8, 4) is 22.6 Å². The van der Waals surface area contributed by atoms with E-state index in [4.69, 9.17) is 0 Å². The topological polar surface area (TPSA) is 40.5 Å². The molecule has 0 atom stereocenters. The third-order valence-corrected chi connectivity index (χ3v) is 4.41. The van der Waals surface area contributed by atoms with Crippen LogP contribution in [0.1, 0.15) is 25.0 Å². The van der Waals surface area contributed by atoms with Gasteiger partial charge in [0.05, 0.1) is 5.56 Å². The molecule has 0 aliphatic heterocycles. The van der Waals surface area contributed by atoms with Gasteiger partial charge in [-0.1, -0.05) is 74.5 Å². The lowest BCUT2D eigenvalue weighted by molar-refractivity contribution is 0.454. The van der Waals surface area contributed by atoms with E-state index in [1.807, 2.05) is 42.5 Å². The molecule has 3 rings (SSSR count). The van der Waals surface area contributed by atoms with Crippen molar-refractivity contribution >= 4 is 0 Å². The van der Waals surface area contributed by atoms with Gasteiger partial charge in [0.2, 0.25) is 0 Å². The Morgan fingerprint density at radius 2 is 1.13 bits per heavy atom. The quantitative estimate of drug-likeness (QED) is 0.707. The first-order chi connectivity index (χ1) is 11.0. The number of rotatable bonds is 3.